The lowest BCUT2D eigenvalue weighted by Gasteiger charge is -2.37. The predicted molar refractivity (Wildman–Crippen MR) is 91.6 cm³/mol. The first-order valence-corrected chi connectivity index (χ1v) is 8.82. The molecule has 0 saturated heterocycles. The second-order valence-electron chi connectivity index (χ2n) is 7.39. The Kier molecular flexibility index (Phi) is 4.43. The summed E-state index contributed by atoms with van der Waals surface area (Å²) in [5.41, 5.74) is -0.241. The zero-order valence-corrected chi connectivity index (χ0v) is 15.4. The van der Waals surface area contributed by atoms with Gasteiger partial charge in [-0.2, -0.15) is 13.2 Å². The van der Waals surface area contributed by atoms with Crippen LogP contribution >= 0.6 is 0 Å². The van der Waals surface area contributed by atoms with Gasteiger partial charge >= 0.3 is 6.18 Å². The maximum atomic E-state index is 14.2. The van der Waals surface area contributed by atoms with Crippen LogP contribution in [0.3, 0.4) is 0 Å². The van der Waals surface area contributed by atoms with Crippen LogP contribution in [0, 0.1) is 5.82 Å². The molecule has 11 heteroatoms. The molecule has 0 bridgehead atoms. The molecule has 1 fully saturated rings. The minimum absolute atomic E-state index is 0.0928. The standard InChI is InChI=1S/C18H16F5N5O/c1-9(18(21,22)23)29-16-12(19)3-10(6-25-16)13-8-28-14(7-24-13)26-27-15(28)11-4-17(2,20)5-11/h3,6-9,11H,4-5H2,1-2H3/t9-,11?,17?/m0/s1. The molecule has 6 nitrogen and oxygen atoms in total. The van der Waals surface area contributed by atoms with E-state index in [4.69, 9.17) is 0 Å². The summed E-state index contributed by atoms with van der Waals surface area (Å²) in [6, 6.07) is 0.992. The van der Waals surface area contributed by atoms with Crippen molar-refractivity contribution in [3.63, 3.8) is 0 Å². The van der Waals surface area contributed by atoms with Gasteiger partial charge in [0.25, 0.3) is 5.88 Å². The first-order chi connectivity index (χ1) is 13.5. The molecule has 0 radical (unpaired) electrons. The van der Waals surface area contributed by atoms with Crippen molar-refractivity contribution >= 4 is 5.65 Å². The summed E-state index contributed by atoms with van der Waals surface area (Å²) in [5.74, 6) is -1.31. The predicted octanol–water partition coefficient (Wildman–Crippen LogP) is 4.26. The highest BCUT2D eigenvalue weighted by atomic mass is 19.4. The molecule has 0 amide bonds. The van der Waals surface area contributed by atoms with Crippen molar-refractivity contribution in [2.45, 2.75) is 50.6 Å². The first kappa shape index (κ1) is 19.5. The third-order valence-corrected chi connectivity index (χ3v) is 4.88. The van der Waals surface area contributed by atoms with Crippen LogP contribution in [-0.2, 0) is 0 Å². The average Bonchev–Trinajstić information content (AvgIpc) is 3.03. The molecule has 154 valence electrons. The zero-order valence-electron chi connectivity index (χ0n) is 15.4. The highest BCUT2D eigenvalue weighted by Crippen LogP contribution is 2.46. The average molecular weight is 413 g/mol. The number of pyridine rings is 1. The van der Waals surface area contributed by atoms with Crippen molar-refractivity contribution in [1.82, 2.24) is 24.6 Å². The molecule has 4 rings (SSSR count). The van der Waals surface area contributed by atoms with Gasteiger partial charge in [0, 0.05) is 23.9 Å². The Labute approximate surface area is 161 Å². The molecule has 0 spiro atoms. The molecule has 0 aliphatic heterocycles. The molecule has 3 heterocycles. The smallest absolute Gasteiger partial charge is 0.425 e. The second-order valence-corrected chi connectivity index (χ2v) is 7.39. The van der Waals surface area contributed by atoms with E-state index >= 15 is 0 Å². The Bertz CT molecular complexity index is 1060. The molecule has 0 aromatic carbocycles. The number of ether oxygens (including phenoxy) is 1. The molecule has 0 N–H and O–H groups in total. The van der Waals surface area contributed by atoms with Crippen molar-refractivity contribution in [1.29, 1.82) is 0 Å². The monoisotopic (exact) mass is 413 g/mol. The van der Waals surface area contributed by atoms with Gasteiger partial charge < -0.3 is 4.74 Å². The maximum Gasteiger partial charge on any atom is 0.425 e. The molecule has 3 aromatic rings. The Hall–Kier alpha value is -2.85. The number of halogens is 5. The minimum Gasteiger partial charge on any atom is -0.463 e. The molecule has 1 aliphatic carbocycles. The van der Waals surface area contributed by atoms with Crippen LogP contribution in [0.1, 0.15) is 38.4 Å². The Morgan fingerprint density at radius 1 is 1.21 bits per heavy atom. The topological polar surface area (TPSA) is 65.2 Å². The second kappa shape index (κ2) is 6.60. The Morgan fingerprint density at radius 2 is 1.93 bits per heavy atom. The summed E-state index contributed by atoms with van der Waals surface area (Å²) in [6.45, 7) is 2.29. The van der Waals surface area contributed by atoms with Gasteiger partial charge in [-0.3, -0.25) is 9.38 Å². The molecule has 0 unspecified atom stereocenters. The van der Waals surface area contributed by atoms with E-state index < -0.39 is 29.6 Å². The van der Waals surface area contributed by atoms with E-state index in [1.165, 1.54) is 19.3 Å². The van der Waals surface area contributed by atoms with Gasteiger partial charge in [0.15, 0.2) is 17.6 Å². The molecule has 1 aliphatic rings. The molecular formula is C18H16F5N5O. The van der Waals surface area contributed by atoms with Crippen LogP contribution in [0.15, 0.2) is 24.7 Å². The maximum absolute atomic E-state index is 14.2. The molecule has 3 aromatic heterocycles. The third-order valence-electron chi connectivity index (χ3n) is 4.88. The summed E-state index contributed by atoms with van der Waals surface area (Å²) in [4.78, 5) is 7.82. The van der Waals surface area contributed by atoms with Gasteiger partial charge in [-0.25, -0.2) is 13.8 Å². The van der Waals surface area contributed by atoms with E-state index in [-0.39, 0.29) is 11.5 Å². The minimum atomic E-state index is -4.64. The van der Waals surface area contributed by atoms with E-state index in [1.807, 2.05) is 0 Å². The van der Waals surface area contributed by atoms with Crippen molar-refractivity contribution < 1.29 is 26.7 Å². The van der Waals surface area contributed by atoms with Crippen molar-refractivity contribution in [3.05, 3.63) is 36.3 Å². The Balaban J connectivity index is 1.62. The quantitative estimate of drug-likeness (QED) is 0.598. The first-order valence-electron chi connectivity index (χ1n) is 8.82. The summed E-state index contributed by atoms with van der Waals surface area (Å²) < 4.78 is 72.1. The number of alkyl halides is 4. The van der Waals surface area contributed by atoms with Crippen molar-refractivity contribution in [2.75, 3.05) is 0 Å². The number of aromatic nitrogens is 5. The number of nitrogens with zero attached hydrogens (tertiary/aromatic N) is 5. The fourth-order valence-corrected chi connectivity index (χ4v) is 3.28. The molecule has 1 saturated carbocycles. The lowest BCUT2D eigenvalue weighted by atomic mass is 9.73. The fourth-order valence-electron chi connectivity index (χ4n) is 3.28. The van der Waals surface area contributed by atoms with Crippen LogP contribution in [0.25, 0.3) is 16.9 Å². The van der Waals surface area contributed by atoms with Crippen molar-refractivity contribution in [2.24, 2.45) is 0 Å². The summed E-state index contributed by atoms with van der Waals surface area (Å²) in [6.07, 6.45) is -2.03. The van der Waals surface area contributed by atoms with E-state index in [0.717, 1.165) is 13.0 Å². The van der Waals surface area contributed by atoms with Crippen LogP contribution in [0.4, 0.5) is 22.0 Å². The lowest BCUT2D eigenvalue weighted by Crippen LogP contribution is -2.36. The van der Waals surface area contributed by atoms with Gasteiger partial charge in [0.2, 0.25) is 0 Å². The SMILES string of the molecule is C[C@H](Oc1ncc(-c2cn3c(C4CC(C)(F)C4)nnc3cn2)cc1F)C(F)(F)F. The van der Waals surface area contributed by atoms with Crippen LogP contribution < -0.4 is 4.74 Å². The van der Waals surface area contributed by atoms with Crippen LogP contribution in [0.2, 0.25) is 0 Å². The van der Waals surface area contributed by atoms with Crippen molar-refractivity contribution in [3.8, 4) is 17.1 Å². The summed E-state index contributed by atoms with van der Waals surface area (Å²) >= 11 is 0. The molecule has 29 heavy (non-hydrogen) atoms. The van der Waals surface area contributed by atoms with Crippen LogP contribution in [-0.4, -0.2) is 42.5 Å². The largest absolute Gasteiger partial charge is 0.463 e. The zero-order chi connectivity index (χ0) is 21.0. The molecular weight excluding hydrogens is 397 g/mol. The summed E-state index contributed by atoms with van der Waals surface area (Å²) in [7, 11) is 0. The highest BCUT2D eigenvalue weighted by molar-refractivity contribution is 5.59. The number of rotatable bonds is 4. The van der Waals surface area contributed by atoms with E-state index in [9.17, 15) is 22.0 Å². The van der Waals surface area contributed by atoms with Crippen LogP contribution in [0.5, 0.6) is 5.88 Å². The van der Waals surface area contributed by atoms with Gasteiger partial charge in [0.05, 0.1) is 11.9 Å². The van der Waals surface area contributed by atoms with Gasteiger partial charge in [-0.1, -0.05) is 0 Å². The number of fused-ring (bicyclic) bond motifs is 1. The molecule has 1 atom stereocenters. The third kappa shape index (κ3) is 3.73. The lowest BCUT2D eigenvalue weighted by molar-refractivity contribution is -0.190. The number of hydrogen-bond donors (Lipinski definition) is 0. The highest BCUT2D eigenvalue weighted by Gasteiger charge is 2.43. The summed E-state index contributed by atoms with van der Waals surface area (Å²) in [5, 5.41) is 8.10. The normalized spacial score (nSPS) is 23.1. The van der Waals surface area contributed by atoms with E-state index in [2.05, 4.69) is 24.9 Å². The van der Waals surface area contributed by atoms with Gasteiger partial charge in [0.1, 0.15) is 11.5 Å². The van der Waals surface area contributed by atoms with Gasteiger partial charge in [-0.15, -0.1) is 10.2 Å². The van der Waals surface area contributed by atoms with E-state index in [0.29, 0.717) is 30.0 Å². The Morgan fingerprint density at radius 3 is 2.55 bits per heavy atom. The van der Waals surface area contributed by atoms with Gasteiger partial charge in [-0.05, 0) is 32.8 Å². The number of hydrogen-bond acceptors (Lipinski definition) is 5. The van der Waals surface area contributed by atoms with E-state index in [1.54, 1.807) is 10.6 Å². The fraction of sp³-hybridized carbons (Fsp3) is 0.444.